The topological polar surface area (TPSA) is 116 Å². The van der Waals surface area contributed by atoms with Gasteiger partial charge in [-0.25, -0.2) is 22.0 Å². The molecule has 0 fully saturated rings. The second-order valence-corrected chi connectivity index (χ2v) is 10.7. The molecule has 1 aromatic rings. The van der Waals surface area contributed by atoms with Gasteiger partial charge >= 0.3 is 0 Å². The van der Waals surface area contributed by atoms with Gasteiger partial charge in [-0.15, -0.1) is 11.3 Å². The van der Waals surface area contributed by atoms with Crippen molar-refractivity contribution in [3.05, 3.63) is 11.6 Å². The first kappa shape index (κ1) is 18.8. The molecule has 3 N–H and O–H groups in total. The molecule has 0 aliphatic carbocycles. The minimum atomic E-state index is -3.94. The molecular formula is C13H22N2O5S3. The summed E-state index contributed by atoms with van der Waals surface area (Å²) in [7, 11) is -6.11. The molecule has 10 heteroatoms. The molecule has 7 nitrogen and oxygen atoms in total. The Labute approximate surface area is 141 Å². The number of ether oxygens (including phenoxy) is 1. The zero-order valence-corrected chi connectivity index (χ0v) is 15.7. The van der Waals surface area contributed by atoms with Crippen molar-refractivity contribution in [2.24, 2.45) is 5.14 Å². The monoisotopic (exact) mass is 382 g/mol. The van der Waals surface area contributed by atoms with Crippen LogP contribution in [0.1, 0.15) is 38.3 Å². The largest absolute Gasteiger partial charge is 0.380 e. The number of thiophene rings is 1. The van der Waals surface area contributed by atoms with Crippen LogP contribution in [0.25, 0.3) is 0 Å². The van der Waals surface area contributed by atoms with Gasteiger partial charge in [0.1, 0.15) is 8.42 Å². The van der Waals surface area contributed by atoms with Crippen molar-refractivity contribution in [3.63, 3.8) is 0 Å². The summed E-state index contributed by atoms with van der Waals surface area (Å²) in [5.74, 6) is 0. The van der Waals surface area contributed by atoms with E-state index in [1.54, 1.807) is 0 Å². The minimum absolute atomic E-state index is 0.0826. The van der Waals surface area contributed by atoms with Gasteiger partial charge in [0.15, 0.2) is 9.84 Å². The van der Waals surface area contributed by atoms with Gasteiger partial charge in [-0.3, -0.25) is 0 Å². The zero-order chi connectivity index (χ0) is 17.4. The summed E-state index contributed by atoms with van der Waals surface area (Å²) in [5, 5.41) is 7.69. The SMILES string of the molecule is CCNC1CC(C(CC)OC)S(=O)(=O)c2sc(S(N)(=O)=O)cc21. The number of hydrogen-bond donors (Lipinski definition) is 2. The van der Waals surface area contributed by atoms with Crippen LogP contribution in [-0.2, 0) is 24.6 Å². The van der Waals surface area contributed by atoms with Gasteiger partial charge < -0.3 is 10.1 Å². The molecule has 1 aliphatic heterocycles. The summed E-state index contributed by atoms with van der Waals surface area (Å²) < 4.78 is 54.3. The third-order valence-electron chi connectivity index (χ3n) is 4.05. The van der Waals surface area contributed by atoms with Crippen LogP contribution in [0.3, 0.4) is 0 Å². The van der Waals surface area contributed by atoms with Crippen molar-refractivity contribution in [1.29, 1.82) is 0 Å². The van der Waals surface area contributed by atoms with Crippen LogP contribution >= 0.6 is 11.3 Å². The van der Waals surface area contributed by atoms with Crippen LogP contribution in [0, 0.1) is 0 Å². The van der Waals surface area contributed by atoms with Crippen LogP contribution < -0.4 is 10.5 Å². The predicted octanol–water partition coefficient (Wildman–Crippen LogP) is 1.02. The van der Waals surface area contributed by atoms with E-state index in [1.807, 2.05) is 13.8 Å². The number of hydrogen-bond acceptors (Lipinski definition) is 7. The Bertz CT molecular complexity index is 766. The van der Waals surface area contributed by atoms with E-state index in [-0.39, 0.29) is 14.5 Å². The lowest BCUT2D eigenvalue weighted by molar-refractivity contribution is 0.0892. The Morgan fingerprint density at radius 2 is 2.13 bits per heavy atom. The Hall–Kier alpha value is -0.520. The van der Waals surface area contributed by atoms with Crippen LogP contribution in [0.2, 0.25) is 0 Å². The molecule has 1 aromatic heterocycles. The number of nitrogens with two attached hydrogens (primary N) is 1. The van der Waals surface area contributed by atoms with E-state index >= 15 is 0 Å². The average molecular weight is 383 g/mol. The molecule has 0 bridgehead atoms. The van der Waals surface area contributed by atoms with E-state index in [2.05, 4.69) is 5.32 Å². The first-order chi connectivity index (χ1) is 10.7. The average Bonchev–Trinajstić information content (AvgIpc) is 2.91. The normalized spacial score (nSPS) is 25.0. The van der Waals surface area contributed by atoms with Gasteiger partial charge in [0.2, 0.25) is 10.0 Å². The molecule has 0 aromatic carbocycles. The Kier molecular flexibility index (Phi) is 5.54. The van der Waals surface area contributed by atoms with Crippen molar-refractivity contribution >= 4 is 31.2 Å². The highest BCUT2D eigenvalue weighted by atomic mass is 32.3. The predicted molar refractivity (Wildman–Crippen MR) is 88.8 cm³/mol. The molecule has 0 radical (unpaired) electrons. The molecule has 0 amide bonds. The standard InChI is InChI=1S/C13H22N2O5S3/c1-4-10(20-3)11-7-9(15-5-2)8-6-12(23(14,18)19)21-13(8)22(11,16)17/h6,9-11,15H,4-5,7H2,1-3H3,(H2,14,18,19). The van der Waals surface area contributed by atoms with Crippen LogP contribution in [0.15, 0.2) is 14.5 Å². The number of methoxy groups -OCH3 is 1. The van der Waals surface area contributed by atoms with Crippen molar-refractivity contribution in [3.8, 4) is 0 Å². The maximum absolute atomic E-state index is 12.9. The summed E-state index contributed by atoms with van der Waals surface area (Å²) in [4.78, 5) is 0. The van der Waals surface area contributed by atoms with Gasteiger partial charge in [0.25, 0.3) is 0 Å². The Morgan fingerprint density at radius 3 is 2.61 bits per heavy atom. The lowest BCUT2D eigenvalue weighted by Crippen LogP contribution is -2.42. The highest BCUT2D eigenvalue weighted by Gasteiger charge is 2.44. The molecule has 1 aliphatic rings. The fraction of sp³-hybridized carbons (Fsp3) is 0.692. The number of nitrogens with one attached hydrogen (secondary N) is 1. The smallest absolute Gasteiger partial charge is 0.247 e. The van der Waals surface area contributed by atoms with Gasteiger partial charge in [-0.2, -0.15) is 0 Å². The lowest BCUT2D eigenvalue weighted by atomic mass is 10.0. The number of rotatable bonds is 6. The fourth-order valence-electron chi connectivity index (χ4n) is 2.97. The van der Waals surface area contributed by atoms with Gasteiger partial charge in [-0.1, -0.05) is 13.8 Å². The molecule has 3 atom stereocenters. The molecule has 3 unspecified atom stereocenters. The molecule has 0 saturated carbocycles. The summed E-state index contributed by atoms with van der Waals surface area (Å²) in [6.07, 6.45) is 0.465. The molecule has 23 heavy (non-hydrogen) atoms. The van der Waals surface area contributed by atoms with Crippen molar-refractivity contribution in [2.45, 2.75) is 52.5 Å². The van der Waals surface area contributed by atoms with Crippen LogP contribution in [0.5, 0.6) is 0 Å². The summed E-state index contributed by atoms with van der Waals surface area (Å²) in [6.45, 7) is 4.42. The number of fused-ring (bicyclic) bond motifs is 1. The van der Waals surface area contributed by atoms with E-state index in [0.717, 1.165) is 11.3 Å². The highest BCUT2D eigenvalue weighted by Crippen LogP contribution is 2.44. The van der Waals surface area contributed by atoms with Gasteiger partial charge in [0, 0.05) is 18.7 Å². The van der Waals surface area contributed by atoms with E-state index in [1.165, 1.54) is 13.2 Å². The van der Waals surface area contributed by atoms with Crippen molar-refractivity contribution in [2.75, 3.05) is 13.7 Å². The van der Waals surface area contributed by atoms with Crippen molar-refractivity contribution in [1.82, 2.24) is 5.32 Å². The zero-order valence-electron chi connectivity index (χ0n) is 13.3. The van der Waals surface area contributed by atoms with Crippen LogP contribution in [-0.4, -0.2) is 41.8 Å². The highest BCUT2D eigenvalue weighted by molar-refractivity contribution is 7.95. The fourth-order valence-corrected chi connectivity index (χ4v) is 7.88. The molecule has 2 heterocycles. The Morgan fingerprint density at radius 1 is 1.48 bits per heavy atom. The minimum Gasteiger partial charge on any atom is -0.380 e. The summed E-state index contributed by atoms with van der Waals surface area (Å²) >= 11 is 0.724. The first-order valence-corrected chi connectivity index (χ1v) is 11.2. The number of primary sulfonamides is 1. The summed E-state index contributed by atoms with van der Waals surface area (Å²) in [5.41, 5.74) is 0.489. The van der Waals surface area contributed by atoms with Gasteiger partial charge in [0.05, 0.1) is 11.4 Å². The quantitative estimate of drug-likeness (QED) is 0.759. The third-order valence-corrected chi connectivity index (χ3v) is 9.41. The second kappa shape index (κ2) is 6.77. The number of sulfone groups is 1. The summed E-state index contributed by atoms with van der Waals surface area (Å²) in [6, 6.07) is 1.14. The Balaban J connectivity index is 2.62. The van der Waals surface area contributed by atoms with Crippen molar-refractivity contribution < 1.29 is 21.6 Å². The maximum Gasteiger partial charge on any atom is 0.247 e. The van der Waals surface area contributed by atoms with Crippen LogP contribution in [0.4, 0.5) is 0 Å². The van der Waals surface area contributed by atoms with E-state index in [9.17, 15) is 16.8 Å². The van der Waals surface area contributed by atoms with E-state index in [4.69, 9.17) is 9.88 Å². The third kappa shape index (κ3) is 3.47. The van der Waals surface area contributed by atoms with E-state index < -0.39 is 31.2 Å². The molecule has 132 valence electrons. The van der Waals surface area contributed by atoms with Gasteiger partial charge in [-0.05, 0) is 25.5 Å². The molecular weight excluding hydrogens is 360 g/mol. The van der Waals surface area contributed by atoms with E-state index in [0.29, 0.717) is 24.9 Å². The molecule has 2 rings (SSSR count). The maximum atomic E-state index is 12.9. The first-order valence-electron chi connectivity index (χ1n) is 7.33. The number of sulfonamides is 1. The molecule has 0 saturated heterocycles. The lowest BCUT2D eigenvalue weighted by Gasteiger charge is -2.33. The second-order valence-electron chi connectivity index (χ2n) is 5.47. The molecule has 0 spiro atoms.